The van der Waals surface area contributed by atoms with Crippen molar-refractivity contribution in [3.8, 4) is 6.07 Å². The highest BCUT2D eigenvalue weighted by Gasteiger charge is 2.15. The van der Waals surface area contributed by atoms with Crippen molar-refractivity contribution in [1.29, 1.82) is 5.26 Å². The third-order valence-electron chi connectivity index (χ3n) is 3.78. The lowest BCUT2D eigenvalue weighted by atomic mass is 10.1. The maximum atomic E-state index is 9.35. The Balaban J connectivity index is 1.93. The number of anilines is 1. The minimum absolute atomic E-state index is 0.683. The zero-order valence-electron chi connectivity index (χ0n) is 12.0. The van der Waals surface area contributed by atoms with Gasteiger partial charge in [0.25, 0.3) is 0 Å². The number of hydrogen-bond acceptors (Lipinski definition) is 4. The summed E-state index contributed by atoms with van der Waals surface area (Å²) in [5.74, 6) is 0.873. The molecule has 0 fully saturated rings. The van der Waals surface area contributed by atoms with Crippen LogP contribution >= 0.6 is 0 Å². The van der Waals surface area contributed by atoms with Crippen molar-refractivity contribution < 1.29 is 4.74 Å². The number of fused-ring (bicyclic) bond motifs is 1. The normalized spacial score (nSPS) is 14.9. The predicted octanol–water partition coefficient (Wildman–Crippen LogP) is 2.89. The summed E-state index contributed by atoms with van der Waals surface area (Å²) in [7, 11) is 1.72. The fourth-order valence-corrected chi connectivity index (χ4v) is 2.65. The molecule has 0 saturated carbocycles. The van der Waals surface area contributed by atoms with E-state index in [9.17, 15) is 5.26 Å². The Hall–Kier alpha value is -2.38. The van der Waals surface area contributed by atoms with Gasteiger partial charge in [-0.1, -0.05) is 24.3 Å². The lowest BCUT2D eigenvalue weighted by Gasteiger charge is -2.27. The summed E-state index contributed by atoms with van der Waals surface area (Å²) in [6, 6.07) is 11.9. The van der Waals surface area contributed by atoms with Crippen molar-refractivity contribution in [1.82, 2.24) is 4.98 Å². The molecular weight excluding hydrogens is 262 g/mol. The molecule has 2 heterocycles. The predicted molar refractivity (Wildman–Crippen MR) is 83.2 cm³/mol. The van der Waals surface area contributed by atoms with Gasteiger partial charge in [-0.3, -0.25) is 0 Å². The van der Waals surface area contributed by atoms with Gasteiger partial charge in [-0.15, -0.1) is 0 Å². The van der Waals surface area contributed by atoms with Crippen molar-refractivity contribution >= 4 is 16.7 Å². The monoisotopic (exact) mass is 279 g/mol. The molecule has 21 heavy (non-hydrogen) atoms. The van der Waals surface area contributed by atoms with Crippen LogP contribution in [0.4, 0.5) is 5.82 Å². The summed E-state index contributed by atoms with van der Waals surface area (Å²) in [6.07, 6.45) is 3.17. The Morgan fingerprint density at radius 3 is 2.95 bits per heavy atom. The Kier molecular flexibility index (Phi) is 3.85. The molecule has 0 spiro atoms. The summed E-state index contributed by atoms with van der Waals surface area (Å²) in [4.78, 5) is 6.89. The van der Waals surface area contributed by atoms with Gasteiger partial charge in [0.1, 0.15) is 5.82 Å². The number of nitriles is 1. The summed E-state index contributed by atoms with van der Waals surface area (Å²) < 4.78 is 5.17. The van der Waals surface area contributed by atoms with Crippen LogP contribution in [0.25, 0.3) is 10.9 Å². The molecule has 106 valence electrons. The van der Waals surface area contributed by atoms with Crippen molar-refractivity contribution in [3.63, 3.8) is 0 Å². The van der Waals surface area contributed by atoms with E-state index >= 15 is 0 Å². The lowest BCUT2D eigenvalue weighted by Crippen LogP contribution is -2.30. The highest BCUT2D eigenvalue weighted by Crippen LogP contribution is 2.24. The van der Waals surface area contributed by atoms with E-state index in [0.29, 0.717) is 12.2 Å². The molecule has 1 aromatic heterocycles. The van der Waals surface area contributed by atoms with Gasteiger partial charge < -0.3 is 9.64 Å². The molecule has 4 nitrogen and oxygen atoms in total. The number of rotatable bonds is 3. The van der Waals surface area contributed by atoms with Gasteiger partial charge in [-0.25, -0.2) is 4.98 Å². The average molecular weight is 279 g/mol. The van der Waals surface area contributed by atoms with Crippen LogP contribution in [0.2, 0.25) is 0 Å². The second-order valence-corrected chi connectivity index (χ2v) is 5.15. The van der Waals surface area contributed by atoms with Crippen LogP contribution in [0.15, 0.2) is 42.0 Å². The lowest BCUT2D eigenvalue weighted by molar-refractivity contribution is 0.222. The zero-order chi connectivity index (χ0) is 14.7. The standard InChI is InChI=1S/C17H17N3O/c1-21-12-13-6-8-20(9-7-13)17-10-14(11-18)15-4-2-3-5-16(15)19-17/h2-6,10H,7-9,12H2,1H3. The van der Waals surface area contributed by atoms with Gasteiger partial charge in [0.2, 0.25) is 0 Å². The van der Waals surface area contributed by atoms with Crippen LogP contribution in [-0.2, 0) is 4.74 Å². The minimum atomic E-state index is 0.683. The van der Waals surface area contributed by atoms with Gasteiger partial charge in [0, 0.05) is 25.6 Å². The summed E-state index contributed by atoms with van der Waals surface area (Å²) >= 11 is 0. The van der Waals surface area contributed by atoms with E-state index in [4.69, 9.17) is 9.72 Å². The second kappa shape index (κ2) is 5.94. The molecule has 0 bridgehead atoms. The van der Waals surface area contributed by atoms with Crippen LogP contribution in [0.5, 0.6) is 0 Å². The molecule has 0 amide bonds. The summed E-state index contributed by atoms with van der Waals surface area (Å²) in [6.45, 7) is 2.42. The van der Waals surface area contributed by atoms with Crippen molar-refractivity contribution in [2.24, 2.45) is 0 Å². The number of hydrogen-bond donors (Lipinski definition) is 0. The smallest absolute Gasteiger partial charge is 0.130 e. The Bertz CT molecular complexity index is 730. The quantitative estimate of drug-likeness (QED) is 0.811. The van der Waals surface area contributed by atoms with E-state index in [1.807, 2.05) is 30.3 Å². The van der Waals surface area contributed by atoms with Gasteiger partial charge in [-0.2, -0.15) is 5.26 Å². The largest absolute Gasteiger partial charge is 0.380 e. The summed E-state index contributed by atoms with van der Waals surface area (Å²) in [5, 5.41) is 10.3. The molecule has 4 heteroatoms. The van der Waals surface area contributed by atoms with Gasteiger partial charge in [0.05, 0.1) is 23.8 Å². The Labute approximate surface area is 124 Å². The van der Waals surface area contributed by atoms with Crippen LogP contribution in [0, 0.1) is 11.3 Å². The molecule has 1 aliphatic rings. The number of para-hydroxylation sites is 1. The topological polar surface area (TPSA) is 49.1 Å². The van der Waals surface area contributed by atoms with Crippen LogP contribution in [0.3, 0.4) is 0 Å². The summed E-state index contributed by atoms with van der Waals surface area (Å²) in [5.41, 5.74) is 2.88. The van der Waals surface area contributed by atoms with Crippen molar-refractivity contribution in [3.05, 3.63) is 47.5 Å². The van der Waals surface area contributed by atoms with Crippen LogP contribution in [0.1, 0.15) is 12.0 Å². The number of aromatic nitrogens is 1. The highest BCUT2D eigenvalue weighted by atomic mass is 16.5. The molecule has 0 radical (unpaired) electrons. The van der Waals surface area contributed by atoms with Gasteiger partial charge in [0.15, 0.2) is 0 Å². The first-order valence-corrected chi connectivity index (χ1v) is 7.03. The molecule has 0 N–H and O–H groups in total. The van der Waals surface area contributed by atoms with E-state index in [-0.39, 0.29) is 0 Å². The number of benzene rings is 1. The maximum Gasteiger partial charge on any atom is 0.130 e. The molecule has 0 saturated heterocycles. The molecule has 0 aliphatic carbocycles. The first-order valence-electron chi connectivity index (χ1n) is 7.03. The highest BCUT2D eigenvalue weighted by molar-refractivity contribution is 5.86. The van der Waals surface area contributed by atoms with E-state index in [1.165, 1.54) is 5.57 Å². The number of ether oxygens (including phenoxy) is 1. The zero-order valence-corrected chi connectivity index (χ0v) is 12.0. The van der Waals surface area contributed by atoms with E-state index in [2.05, 4.69) is 17.0 Å². The molecule has 0 atom stereocenters. The van der Waals surface area contributed by atoms with Gasteiger partial charge in [-0.05, 0) is 24.1 Å². The third-order valence-corrected chi connectivity index (χ3v) is 3.78. The van der Waals surface area contributed by atoms with E-state index < -0.39 is 0 Å². The first kappa shape index (κ1) is 13.6. The third kappa shape index (κ3) is 2.74. The molecular formula is C17H17N3O. The van der Waals surface area contributed by atoms with Crippen molar-refractivity contribution in [2.75, 3.05) is 31.7 Å². The SMILES string of the molecule is COCC1=CCN(c2cc(C#N)c3ccccc3n2)CC1. The Morgan fingerprint density at radius 1 is 1.38 bits per heavy atom. The van der Waals surface area contributed by atoms with E-state index in [0.717, 1.165) is 36.2 Å². The van der Waals surface area contributed by atoms with E-state index in [1.54, 1.807) is 7.11 Å². The molecule has 2 aromatic rings. The van der Waals surface area contributed by atoms with Crippen LogP contribution in [-0.4, -0.2) is 31.8 Å². The molecule has 1 aliphatic heterocycles. The second-order valence-electron chi connectivity index (χ2n) is 5.15. The maximum absolute atomic E-state index is 9.35. The fraction of sp³-hybridized carbons (Fsp3) is 0.294. The number of methoxy groups -OCH3 is 1. The number of nitrogens with zero attached hydrogens (tertiary/aromatic N) is 3. The Morgan fingerprint density at radius 2 is 2.24 bits per heavy atom. The minimum Gasteiger partial charge on any atom is -0.380 e. The first-order chi connectivity index (χ1) is 10.3. The van der Waals surface area contributed by atoms with Gasteiger partial charge >= 0.3 is 0 Å². The number of pyridine rings is 1. The average Bonchev–Trinajstić information content (AvgIpc) is 2.55. The molecule has 1 aromatic carbocycles. The van der Waals surface area contributed by atoms with Crippen LogP contribution < -0.4 is 4.90 Å². The molecule has 0 unspecified atom stereocenters. The fourth-order valence-electron chi connectivity index (χ4n) is 2.65. The molecule has 3 rings (SSSR count). The van der Waals surface area contributed by atoms with Crippen molar-refractivity contribution in [2.45, 2.75) is 6.42 Å².